The quantitative estimate of drug-likeness (QED) is 0.374. The molecule has 0 aliphatic rings. The smallest absolute Gasteiger partial charge is 0.191 e. The van der Waals surface area contributed by atoms with E-state index in [1.54, 1.807) is 12.5 Å². The highest BCUT2D eigenvalue weighted by atomic mass is 15.2. The lowest BCUT2D eigenvalue weighted by atomic mass is 10.2. The molecule has 7 heteroatoms. The maximum Gasteiger partial charge on any atom is 0.191 e. The highest BCUT2D eigenvalue weighted by molar-refractivity contribution is 5.79. The first kappa shape index (κ1) is 21.9. The highest BCUT2D eigenvalue weighted by Gasteiger charge is 2.12. The Labute approximate surface area is 169 Å². The second-order valence-electron chi connectivity index (χ2n) is 7.39. The summed E-state index contributed by atoms with van der Waals surface area (Å²) in [6, 6.07) is 5.17. The average molecular weight is 386 g/mol. The van der Waals surface area contributed by atoms with E-state index >= 15 is 0 Å². The van der Waals surface area contributed by atoms with Crippen molar-refractivity contribution in [1.29, 1.82) is 0 Å². The molecule has 0 unspecified atom stereocenters. The third-order valence-corrected chi connectivity index (χ3v) is 4.55. The SMILES string of the molecule is CCNC(=NCc1ccnc(-n2ccnc2)c1)NCCCN(C(C)C)C(C)C. The van der Waals surface area contributed by atoms with Gasteiger partial charge >= 0.3 is 0 Å². The summed E-state index contributed by atoms with van der Waals surface area (Å²) in [5, 5.41) is 6.77. The van der Waals surface area contributed by atoms with Crippen molar-refractivity contribution in [3.8, 4) is 5.82 Å². The Bertz CT molecular complexity index is 699. The van der Waals surface area contributed by atoms with Gasteiger partial charge < -0.3 is 10.6 Å². The van der Waals surface area contributed by atoms with Crippen molar-refractivity contribution in [3.63, 3.8) is 0 Å². The fourth-order valence-corrected chi connectivity index (χ4v) is 3.19. The molecule has 2 aromatic rings. The molecule has 2 aromatic heterocycles. The van der Waals surface area contributed by atoms with Crippen LogP contribution in [-0.2, 0) is 6.54 Å². The molecule has 2 rings (SSSR count). The summed E-state index contributed by atoms with van der Waals surface area (Å²) in [7, 11) is 0. The largest absolute Gasteiger partial charge is 0.357 e. The van der Waals surface area contributed by atoms with Crippen LogP contribution in [0.2, 0.25) is 0 Å². The molecule has 0 amide bonds. The molecule has 0 spiro atoms. The average Bonchev–Trinajstić information content (AvgIpc) is 3.20. The Kier molecular flexibility index (Phi) is 8.94. The lowest BCUT2D eigenvalue weighted by Gasteiger charge is -2.30. The van der Waals surface area contributed by atoms with Gasteiger partial charge in [-0.15, -0.1) is 0 Å². The summed E-state index contributed by atoms with van der Waals surface area (Å²) in [5.74, 6) is 1.70. The number of guanidine groups is 1. The minimum atomic E-state index is 0.568. The summed E-state index contributed by atoms with van der Waals surface area (Å²) in [5.41, 5.74) is 1.11. The van der Waals surface area contributed by atoms with Gasteiger partial charge in [-0.3, -0.25) is 9.47 Å². The zero-order chi connectivity index (χ0) is 20.4. The molecular weight excluding hydrogens is 350 g/mol. The number of rotatable bonds is 10. The molecule has 0 aliphatic carbocycles. The number of nitrogens with zero attached hydrogens (tertiary/aromatic N) is 5. The third kappa shape index (κ3) is 6.96. The van der Waals surface area contributed by atoms with E-state index < -0.39 is 0 Å². The number of hydrogen-bond acceptors (Lipinski definition) is 4. The van der Waals surface area contributed by atoms with Crippen molar-refractivity contribution < 1.29 is 0 Å². The van der Waals surface area contributed by atoms with Crippen molar-refractivity contribution in [3.05, 3.63) is 42.6 Å². The van der Waals surface area contributed by atoms with Crippen LogP contribution < -0.4 is 10.6 Å². The normalized spacial score (nSPS) is 12.2. The topological polar surface area (TPSA) is 70.4 Å². The van der Waals surface area contributed by atoms with E-state index in [0.717, 1.165) is 43.4 Å². The Morgan fingerprint density at radius 3 is 2.61 bits per heavy atom. The van der Waals surface area contributed by atoms with Crippen molar-refractivity contribution in [2.45, 2.75) is 59.7 Å². The van der Waals surface area contributed by atoms with E-state index in [1.807, 2.05) is 29.1 Å². The van der Waals surface area contributed by atoms with Crippen LogP contribution in [0, 0.1) is 0 Å². The number of nitrogens with one attached hydrogen (secondary N) is 2. The van der Waals surface area contributed by atoms with Crippen LogP contribution in [-0.4, -0.2) is 57.1 Å². The maximum absolute atomic E-state index is 4.72. The summed E-state index contributed by atoms with van der Waals surface area (Å²) in [6.07, 6.45) is 8.28. The van der Waals surface area contributed by atoms with Crippen LogP contribution in [0.1, 0.15) is 46.6 Å². The van der Waals surface area contributed by atoms with Gasteiger partial charge in [0.1, 0.15) is 12.1 Å². The van der Waals surface area contributed by atoms with Gasteiger partial charge in [-0.05, 0) is 58.7 Å². The predicted molar refractivity (Wildman–Crippen MR) is 116 cm³/mol. The van der Waals surface area contributed by atoms with E-state index in [1.165, 1.54) is 0 Å². The van der Waals surface area contributed by atoms with Crippen LogP contribution in [0.25, 0.3) is 5.82 Å². The van der Waals surface area contributed by atoms with Crippen molar-refractivity contribution >= 4 is 5.96 Å². The molecule has 0 radical (unpaired) electrons. The Balaban J connectivity index is 1.89. The molecule has 0 saturated heterocycles. The monoisotopic (exact) mass is 385 g/mol. The van der Waals surface area contributed by atoms with Gasteiger partial charge in [0.2, 0.25) is 0 Å². The predicted octanol–water partition coefficient (Wildman–Crippen LogP) is 2.83. The minimum Gasteiger partial charge on any atom is -0.357 e. The molecule has 7 nitrogen and oxygen atoms in total. The summed E-state index contributed by atoms with van der Waals surface area (Å²) in [6.45, 7) is 14.5. The molecular formula is C21H35N7. The van der Waals surface area contributed by atoms with Crippen molar-refractivity contribution in [2.24, 2.45) is 4.99 Å². The number of aliphatic imine (C=N–C) groups is 1. The first-order chi connectivity index (χ1) is 13.5. The summed E-state index contributed by atoms with van der Waals surface area (Å²) < 4.78 is 1.89. The molecule has 0 saturated carbocycles. The van der Waals surface area contributed by atoms with Gasteiger partial charge in [0.25, 0.3) is 0 Å². The van der Waals surface area contributed by atoms with Gasteiger partial charge in [0, 0.05) is 50.3 Å². The first-order valence-corrected chi connectivity index (χ1v) is 10.2. The molecule has 154 valence electrons. The fraction of sp³-hybridized carbons (Fsp3) is 0.571. The molecule has 0 aliphatic heterocycles. The van der Waals surface area contributed by atoms with E-state index in [9.17, 15) is 0 Å². The Hall–Kier alpha value is -2.41. The number of hydrogen-bond donors (Lipinski definition) is 2. The molecule has 2 N–H and O–H groups in total. The second-order valence-corrected chi connectivity index (χ2v) is 7.39. The molecule has 28 heavy (non-hydrogen) atoms. The van der Waals surface area contributed by atoms with Crippen LogP contribution in [0.15, 0.2) is 42.0 Å². The Morgan fingerprint density at radius 1 is 1.18 bits per heavy atom. The zero-order valence-electron chi connectivity index (χ0n) is 17.9. The van der Waals surface area contributed by atoms with E-state index in [2.05, 4.69) is 60.1 Å². The van der Waals surface area contributed by atoms with E-state index in [-0.39, 0.29) is 0 Å². The summed E-state index contributed by atoms with van der Waals surface area (Å²) in [4.78, 5) is 15.7. The van der Waals surface area contributed by atoms with E-state index in [0.29, 0.717) is 18.6 Å². The lowest BCUT2D eigenvalue weighted by molar-refractivity contribution is 0.173. The van der Waals surface area contributed by atoms with Crippen LogP contribution in [0.5, 0.6) is 0 Å². The van der Waals surface area contributed by atoms with Crippen molar-refractivity contribution in [2.75, 3.05) is 19.6 Å². The summed E-state index contributed by atoms with van der Waals surface area (Å²) >= 11 is 0. The zero-order valence-corrected chi connectivity index (χ0v) is 17.9. The molecule has 0 bridgehead atoms. The van der Waals surface area contributed by atoms with Crippen LogP contribution in [0.3, 0.4) is 0 Å². The number of aromatic nitrogens is 3. The van der Waals surface area contributed by atoms with Gasteiger partial charge in [-0.2, -0.15) is 0 Å². The molecule has 2 heterocycles. The Morgan fingerprint density at radius 2 is 1.96 bits per heavy atom. The van der Waals surface area contributed by atoms with Crippen LogP contribution >= 0.6 is 0 Å². The van der Waals surface area contributed by atoms with Gasteiger partial charge in [0.15, 0.2) is 5.96 Å². The first-order valence-electron chi connectivity index (χ1n) is 10.2. The van der Waals surface area contributed by atoms with Gasteiger partial charge in [-0.25, -0.2) is 15.0 Å². The van der Waals surface area contributed by atoms with E-state index in [4.69, 9.17) is 4.99 Å². The number of pyridine rings is 1. The third-order valence-electron chi connectivity index (χ3n) is 4.55. The van der Waals surface area contributed by atoms with Gasteiger partial charge in [-0.1, -0.05) is 0 Å². The standard InChI is InChI=1S/C21H35N7/c1-6-23-21(25-9-7-12-28(17(2)3)18(4)5)26-15-19-8-10-24-20(14-19)27-13-11-22-16-27/h8,10-11,13-14,16-18H,6-7,9,12,15H2,1-5H3,(H2,23,25,26). The fourth-order valence-electron chi connectivity index (χ4n) is 3.19. The lowest BCUT2D eigenvalue weighted by Crippen LogP contribution is -2.41. The molecule has 0 atom stereocenters. The van der Waals surface area contributed by atoms with Crippen LogP contribution in [0.4, 0.5) is 0 Å². The molecule has 0 fully saturated rings. The highest BCUT2D eigenvalue weighted by Crippen LogP contribution is 2.08. The maximum atomic E-state index is 4.72. The van der Waals surface area contributed by atoms with Gasteiger partial charge in [0.05, 0.1) is 6.54 Å². The minimum absolute atomic E-state index is 0.568. The molecule has 0 aromatic carbocycles. The van der Waals surface area contributed by atoms with Crippen molar-refractivity contribution in [1.82, 2.24) is 30.1 Å². The number of imidazole rings is 1. The second kappa shape index (κ2) is 11.4.